The predicted octanol–water partition coefficient (Wildman–Crippen LogP) is 24.8. The quantitative estimate of drug-likeness (QED) is 0.0321. The van der Waals surface area contributed by atoms with Crippen LogP contribution in [-0.4, -0.2) is 78.5 Å². The molecule has 454 valence electrons. The first-order chi connectivity index (χ1) is 38.0. The van der Waals surface area contributed by atoms with Crippen molar-refractivity contribution in [2.45, 2.75) is 297 Å². The van der Waals surface area contributed by atoms with Gasteiger partial charge in [0.05, 0.1) is 0 Å². The topological polar surface area (TPSA) is 17.2 Å². The van der Waals surface area contributed by atoms with Crippen LogP contribution in [0.4, 0.5) is 18.2 Å². The van der Waals surface area contributed by atoms with Gasteiger partial charge in [0.1, 0.15) is 0 Å². The number of rotatable bonds is 39. The van der Waals surface area contributed by atoms with E-state index in [1.165, 1.54) is 193 Å². The summed E-state index contributed by atoms with van der Waals surface area (Å²) >= 11 is 3.85. The van der Waals surface area contributed by atoms with E-state index in [1.54, 1.807) is 8.81 Å². The number of hydrogen-bond acceptors (Lipinski definition) is 5. The molecule has 0 radical (unpaired) electrons. The molecule has 0 aliphatic rings. The van der Waals surface area contributed by atoms with Crippen molar-refractivity contribution in [1.82, 2.24) is 4.98 Å². The van der Waals surface area contributed by atoms with E-state index < -0.39 is 84.6 Å². The van der Waals surface area contributed by atoms with E-state index in [0.29, 0.717) is 0 Å². The Morgan fingerprint density at radius 1 is 0.418 bits per heavy atom. The molecule has 79 heavy (non-hydrogen) atoms. The van der Waals surface area contributed by atoms with Gasteiger partial charge in [0, 0.05) is 0 Å². The molecule has 0 aliphatic heterocycles. The fraction of sp³-hybridized carbons (Fsp3) is 0.754. The van der Waals surface area contributed by atoms with E-state index >= 15 is 0 Å². The molecule has 0 fully saturated rings. The van der Waals surface area contributed by atoms with E-state index in [2.05, 4.69) is 125 Å². The first kappa shape index (κ1) is 78.5. The molecule has 0 amide bonds. The molecule has 0 aromatic carbocycles. The molecular formula is C65H116ClF3N2S4Sn4. The molecule has 0 bridgehead atoms. The Morgan fingerprint density at radius 2 is 0.734 bits per heavy atom. The Labute approximate surface area is 524 Å². The predicted molar refractivity (Wildman–Crippen MR) is 370 cm³/mol. The molecule has 0 spiro atoms. The summed E-state index contributed by atoms with van der Waals surface area (Å²) in [6.07, 6.45) is 28.3. The molecule has 4 aromatic heterocycles. The number of hydrogen-bond donors (Lipinski definition) is 0. The number of nitrogens with zero attached hydrogens (tertiary/aromatic N) is 2. The molecule has 0 aliphatic carbocycles. The van der Waals surface area contributed by atoms with E-state index in [1.807, 2.05) is 40.1 Å². The van der Waals surface area contributed by atoms with Crippen LogP contribution >= 0.6 is 56.9 Å². The van der Waals surface area contributed by atoms with Gasteiger partial charge in [0.15, 0.2) is 0 Å². The van der Waals surface area contributed by atoms with Crippen LogP contribution < -0.4 is 11.7 Å². The Bertz CT molecular complexity index is 2050. The zero-order chi connectivity index (χ0) is 59.1. The van der Waals surface area contributed by atoms with Gasteiger partial charge in [0.25, 0.3) is 0 Å². The van der Waals surface area contributed by atoms with Gasteiger partial charge in [-0.1, -0.05) is 0 Å². The number of thiophene rings is 3. The SMILES string of the molecule is CCC[CH2][Sn]([CH2]CC)([CH2]CCC)[c]1ccc(Cl)s1.CCC[CH2][Sn]([CH2]CCC)([CH2]CCC)[c]1ccc(C(F)(F)F)s1.CCC[CH2][Sn]([CH2]CCC)([CH2]CCC)[c]1ncc(C)s1.[C-]#[N+]c1cc[c]([Sn]([CH2]CCC)([CH2]CCC)[CH2]CCC)s1. The first-order valence-electron chi connectivity index (χ1n) is 32.3. The summed E-state index contributed by atoms with van der Waals surface area (Å²) < 4.78 is 63.5. The van der Waals surface area contributed by atoms with Crippen LogP contribution in [0.15, 0.2) is 42.6 Å². The average molecular weight is 1620 g/mol. The fourth-order valence-corrected chi connectivity index (χ4v) is 91.9. The van der Waals surface area contributed by atoms with Crippen molar-refractivity contribution in [2.75, 3.05) is 0 Å². The number of aryl methyl sites for hydroxylation is 1. The summed E-state index contributed by atoms with van der Waals surface area (Å²) in [5.74, 6) is 0. The summed E-state index contributed by atoms with van der Waals surface area (Å²) in [5, 5.41) is 0.908. The van der Waals surface area contributed by atoms with E-state index in [0.717, 1.165) is 42.8 Å². The molecule has 0 unspecified atom stereocenters. The molecule has 4 heterocycles. The zero-order valence-corrected chi connectivity index (χ0v) is 68.3. The molecule has 0 N–H and O–H groups in total. The maximum atomic E-state index is 13.0. The number of aromatic nitrogens is 1. The van der Waals surface area contributed by atoms with Gasteiger partial charge < -0.3 is 0 Å². The molecule has 0 atom stereocenters. The Kier molecular flexibility index (Phi) is 45.4. The molecular weight excluding hydrogens is 1500 g/mol. The van der Waals surface area contributed by atoms with Crippen LogP contribution in [-0.2, 0) is 6.18 Å². The summed E-state index contributed by atoms with van der Waals surface area (Å²) in [6, 6.07) is 12.1. The minimum absolute atomic E-state index is 0.395. The van der Waals surface area contributed by atoms with Crippen molar-refractivity contribution in [3.8, 4) is 0 Å². The van der Waals surface area contributed by atoms with E-state index in [9.17, 15) is 13.2 Å². The van der Waals surface area contributed by atoms with Crippen LogP contribution in [0, 0.1) is 13.5 Å². The number of halogens is 4. The number of alkyl halides is 3. The number of thiazole rings is 1. The van der Waals surface area contributed by atoms with Gasteiger partial charge in [-0.05, 0) is 0 Å². The third-order valence-corrected chi connectivity index (χ3v) is 93.9. The Balaban J connectivity index is 0.000000528. The summed E-state index contributed by atoms with van der Waals surface area (Å²) in [6.45, 7) is 37.0. The second-order valence-electron chi connectivity index (χ2n) is 23.3. The maximum absolute atomic E-state index is 13.0. The van der Waals surface area contributed by atoms with Gasteiger partial charge >= 0.3 is 531 Å². The van der Waals surface area contributed by atoms with Gasteiger partial charge in [0.2, 0.25) is 0 Å². The third kappa shape index (κ3) is 28.9. The van der Waals surface area contributed by atoms with Crippen LogP contribution in [0.3, 0.4) is 0 Å². The molecule has 14 heteroatoms. The van der Waals surface area contributed by atoms with Crippen molar-refractivity contribution < 1.29 is 13.2 Å². The standard InChI is InChI=1S/C5H2F3S.C5H2NS.C4H2ClS.C4H4NS.11C4H9.C3H7.4Sn/c6-5(7,8)4-2-1-3-9-4;1-6-5-3-2-4-7-5;5-4-2-1-3-6-4;1-4-2-5-3-6-4;11*1-3-4-2;1-3-2;;;;/h1-2H;2-3H;1-2H;2H,1H3;11*1,3-4H2,2H3;1,3H2,2H3;;;;. The van der Waals surface area contributed by atoms with Crippen molar-refractivity contribution >= 4 is 147 Å². The first-order valence-corrected chi connectivity index (χ1v) is 65.9. The van der Waals surface area contributed by atoms with E-state index in [-0.39, 0.29) is 0 Å². The zero-order valence-electron chi connectivity index (χ0n) is 52.8. The van der Waals surface area contributed by atoms with Gasteiger partial charge in [-0.15, -0.1) is 0 Å². The molecule has 0 saturated carbocycles. The van der Waals surface area contributed by atoms with Crippen LogP contribution in [0.1, 0.15) is 241 Å². The minimum atomic E-state index is -4.18. The molecule has 0 saturated heterocycles. The van der Waals surface area contributed by atoms with Gasteiger partial charge in [-0.3, -0.25) is 0 Å². The van der Waals surface area contributed by atoms with Crippen LogP contribution in [0.25, 0.3) is 4.85 Å². The van der Waals surface area contributed by atoms with Gasteiger partial charge in [-0.2, -0.15) is 0 Å². The second kappa shape index (κ2) is 45.7. The third-order valence-electron chi connectivity index (χ3n) is 16.6. The summed E-state index contributed by atoms with van der Waals surface area (Å²) in [5.41, 5.74) is 0. The van der Waals surface area contributed by atoms with Crippen molar-refractivity contribution in [3.63, 3.8) is 0 Å². The monoisotopic (exact) mass is 1620 g/mol. The second-order valence-corrected chi connectivity index (χ2v) is 84.9. The molecule has 4 rings (SSSR count). The molecule has 4 aromatic rings. The normalized spacial score (nSPS) is 12.1. The average Bonchev–Trinajstić information content (AvgIpc) is 4.36. The van der Waals surface area contributed by atoms with Crippen molar-refractivity contribution in [3.05, 3.63) is 68.1 Å². The van der Waals surface area contributed by atoms with Crippen molar-refractivity contribution in [2.24, 2.45) is 0 Å². The van der Waals surface area contributed by atoms with E-state index in [4.69, 9.17) is 23.2 Å². The Hall–Kier alpha value is 1.49. The number of unbranched alkanes of at least 4 members (excludes halogenated alkanes) is 11. The van der Waals surface area contributed by atoms with Crippen LogP contribution in [0.5, 0.6) is 0 Å². The summed E-state index contributed by atoms with van der Waals surface area (Å²) in [4.78, 5) is 9.53. The van der Waals surface area contributed by atoms with Crippen molar-refractivity contribution in [1.29, 1.82) is 0 Å². The molecule has 2 nitrogen and oxygen atoms in total. The Morgan fingerprint density at radius 3 is 1.00 bits per heavy atom. The van der Waals surface area contributed by atoms with Gasteiger partial charge in [-0.25, -0.2) is 0 Å². The fourth-order valence-electron chi connectivity index (χ4n) is 11.7. The van der Waals surface area contributed by atoms with Crippen LogP contribution in [0.2, 0.25) is 57.6 Å². The summed E-state index contributed by atoms with van der Waals surface area (Å²) in [7, 11) is 0.